The van der Waals surface area contributed by atoms with Gasteiger partial charge in [-0.2, -0.15) is 0 Å². The standard InChI is InChI=1S/C6H14N2O2.C5H11Cl/c7-4-2-1-3-5(8)6(9)10;1-2-3-4-5-6/h5H,1-4,7-8H2,(H,9,10);2-5H2,1H3. The summed E-state index contributed by atoms with van der Waals surface area (Å²) in [4.78, 5) is 10.1. The molecular formula is C11H25ClN2O2. The van der Waals surface area contributed by atoms with Gasteiger partial charge in [-0.1, -0.05) is 26.2 Å². The number of nitrogens with two attached hydrogens (primary N) is 2. The van der Waals surface area contributed by atoms with Gasteiger partial charge in [0.25, 0.3) is 0 Å². The van der Waals surface area contributed by atoms with Crippen molar-refractivity contribution in [2.45, 2.75) is 51.5 Å². The molecule has 1 atom stereocenters. The Kier molecular flexibility index (Phi) is 16.6. The summed E-state index contributed by atoms with van der Waals surface area (Å²) in [5.41, 5.74) is 10.4. The average molecular weight is 253 g/mol. The highest BCUT2D eigenvalue weighted by Gasteiger charge is 2.09. The maximum atomic E-state index is 10.1. The molecule has 0 aromatic heterocycles. The number of carbonyl (C=O) groups is 1. The van der Waals surface area contributed by atoms with E-state index in [9.17, 15) is 4.79 Å². The van der Waals surface area contributed by atoms with E-state index in [2.05, 4.69) is 6.92 Å². The molecule has 5 N–H and O–H groups in total. The van der Waals surface area contributed by atoms with Gasteiger partial charge in [0.1, 0.15) is 6.04 Å². The molecule has 5 heteroatoms. The van der Waals surface area contributed by atoms with Crippen LogP contribution in [0.1, 0.15) is 45.4 Å². The third kappa shape index (κ3) is 16.1. The molecule has 0 amide bonds. The van der Waals surface area contributed by atoms with Crippen molar-refractivity contribution in [3.63, 3.8) is 0 Å². The molecule has 0 aromatic rings. The molecule has 0 saturated carbocycles. The van der Waals surface area contributed by atoms with Gasteiger partial charge in [0.15, 0.2) is 0 Å². The molecule has 0 aliphatic heterocycles. The highest BCUT2D eigenvalue weighted by molar-refractivity contribution is 6.17. The van der Waals surface area contributed by atoms with Crippen LogP contribution in [-0.4, -0.2) is 29.5 Å². The third-order valence-electron chi connectivity index (χ3n) is 2.02. The second kappa shape index (κ2) is 14.7. The zero-order chi connectivity index (χ0) is 12.8. The summed E-state index contributed by atoms with van der Waals surface area (Å²) in [6.45, 7) is 2.78. The quantitative estimate of drug-likeness (QED) is 0.455. The molecule has 0 fully saturated rings. The Labute approximate surface area is 103 Å². The minimum absolute atomic E-state index is 0.520. The topological polar surface area (TPSA) is 89.3 Å². The highest BCUT2D eigenvalue weighted by Crippen LogP contribution is 1.97. The smallest absolute Gasteiger partial charge is 0.320 e. The molecule has 0 bridgehead atoms. The van der Waals surface area contributed by atoms with Crippen LogP contribution in [0.2, 0.25) is 0 Å². The van der Waals surface area contributed by atoms with Crippen LogP contribution < -0.4 is 11.5 Å². The molecule has 0 radical (unpaired) electrons. The maximum absolute atomic E-state index is 10.1. The summed E-state index contributed by atoms with van der Waals surface area (Å²) in [7, 11) is 0. The molecule has 0 aromatic carbocycles. The third-order valence-corrected chi connectivity index (χ3v) is 2.29. The fourth-order valence-corrected chi connectivity index (χ4v) is 1.17. The lowest BCUT2D eigenvalue weighted by Crippen LogP contribution is -2.29. The monoisotopic (exact) mass is 252 g/mol. The molecule has 0 heterocycles. The number of hydrogen-bond acceptors (Lipinski definition) is 3. The lowest BCUT2D eigenvalue weighted by Gasteiger charge is -2.03. The van der Waals surface area contributed by atoms with Crippen molar-refractivity contribution in [3.8, 4) is 0 Å². The van der Waals surface area contributed by atoms with E-state index < -0.39 is 12.0 Å². The van der Waals surface area contributed by atoms with Crippen LogP contribution in [0.15, 0.2) is 0 Å². The summed E-state index contributed by atoms with van der Waals surface area (Å²) in [6.07, 6.45) is 5.89. The normalized spacial score (nSPS) is 11.5. The Morgan fingerprint density at radius 3 is 2.25 bits per heavy atom. The SMILES string of the molecule is CCCCCCl.NCCCCC(N)C(=O)O. The van der Waals surface area contributed by atoms with Gasteiger partial charge in [0.2, 0.25) is 0 Å². The molecule has 0 spiro atoms. The summed E-state index contributed by atoms with van der Waals surface area (Å²) < 4.78 is 0. The second-order valence-electron chi connectivity index (χ2n) is 3.63. The minimum Gasteiger partial charge on any atom is -0.480 e. The van der Waals surface area contributed by atoms with Crippen molar-refractivity contribution >= 4 is 17.6 Å². The van der Waals surface area contributed by atoms with Gasteiger partial charge in [-0.3, -0.25) is 4.79 Å². The van der Waals surface area contributed by atoms with E-state index in [4.69, 9.17) is 28.2 Å². The van der Waals surface area contributed by atoms with E-state index in [1.54, 1.807) is 0 Å². The van der Waals surface area contributed by atoms with Crippen molar-refractivity contribution in [2.75, 3.05) is 12.4 Å². The summed E-state index contributed by atoms with van der Waals surface area (Å²) in [5.74, 6) is -0.106. The lowest BCUT2D eigenvalue weighted by atomic mass is 10.1. The van der Waals surface area contributed by atoms with Gasteiger partial charge in [-0.05, 0) is 25.8 Å². The number of rotatable bonds is 8. The molecule has 98 valence electrons. The number of aliphatic carboxylic acids is 1. The molecule has 16 heavy (non-hydrogen) atoms. The van der Waals surface area contributed by atoms with Crippen molar-refractivity contribution < 1.29 is 9.90 Å². The van der Waals surface area contributed by atoms with Crippen LogP contribution in [0.4, 0.5) is 0 Å². The Morgan fingerprint density at radius 2 is 1.94 bits per heavy atom. The number of halogens is 1. The van der Waals surface area contributed by atoms with Crippen LogP contribution >= 0.6 is 11.6 Å². The lowest BCUT2D eigenvalue weighted by molar-refractivity contribution is -0.138. The Bertz CT molecular complexity index is 153. The van der Waals surface area contributed by atoms with Gasteiger partial charge in [-0.15, -0.1) is 11.6 Å². The largest absolute Gasteiger partial charge is 0.480 e. The Morgan fingerprint density at radius 1 is 1.31 bits per heavy atom. The van der Waals surface area contributed by atoms with E-state index >= 15 is 0 Å². The van der Waals surface area contributed by atoms with Crippen LogP contribution in [-0.2, 0) is 4.79 Å². The van der Waals surface area contributed by atoms with Crippen LogP contribution in [0, 0.1) is 0 Å². The van der Waals surface area contributed by atoms with Gasteiger partial charge in [0, 0.05) is 5.88 Å². The number of carboxylic acids is 1. The van der Waals surface area contributed by atoms with E-state index in [0.29, 0.717) is 13.0 Å². The van der Waals surface area contributed by atoms with E-state index in [1.165, 1.54) is 19.3 Å². The van der Waals surface area contributed by atoms with Crippen LogP contribution in [0.5, 0.6) is 0 Å². The molecule has 4 nitrogen and oxygen atoms in total. The number of unbranched alkanes of at least 4 members (excludes halogenated alkanes) is 3. The predicted molar refractivity (Wildman–Crippen MR) is 68.8 cm³/mol. The first-order chi connectivity index (χ1) is 7.59. The van der Waals surface area contributed by atoms with Crippen molar-refractivity contribution in [3.05, 3.63) is 0 Å². The zero-order valence-electron chi connectivity index (χ0n) is 10.1. The van der Waals surface area contributed by atoms with Gasteiger partial charge < -0.3 is 16.6 Å². The number of hydrogen-bond donors (Lipinski definition) is 3. The molecule has 0 rings (SSSR count). The van der Waals surface area contributed by atoms with E-state index in [-0.39, 0.29) is 0 Å². The fraction of sp³-hybridized carbons (Fsp3) is 0.909. The Balaban J connectivity index is 0. The zero-order valence-corrected chi connectivity index (χ0v) is 10.9. The number of carboxylic acid groups (broad SMARTS) is 1. The summed E-state index contributed by atoms with van der Waals surface area (Å²) in [5, 5.41) is 8.33. The summed E-state index contributed by atoms with van der Waals surface area (Å²) >= 11 is 5.38. The molecule has 1 unspecified atom stereocenters. The Hall–Kier alpha value is -0.320. The minimum atomic E-state index is -0.933. The van der Waals surface area contributed by atoms with Crippen molar-refractivity contribution in [1.29, 1.82) is 0 Å². The van der Waals surface area contributed by atoms with E-state index in [0.717, 1.165) is 18.7 Å². The van der Waals surface area contributed by atoms with Crippen molar-refractivity contribution in [2.24, 2.45) is 11.5 Å². The fourth-order valence-electron chi connectivity index (χ4n) is 0.977. The second-order valence-corrected chi connectivity index (χ2v) is 4.00. The first-order valence-corrected chi connectivity index (χ1v) is 6.38. The summed E-state index contributed by atoms with van der Waals surface area (Å²) in [6, 6.07) is -0.716. The van der Waals surface area contributed by atoms with Gasteiger partial charge >= 0.3 is 5.97 Å². The average Bonchev–Trinajstić information content (AvgIpc) is 2.27. The van der Waals surface area contributed by atoms with Crippen LogP contribution in [0.3, 0.4) is 0 Å². The first-order valence-electron chi connectivity index (χ1n) is 5.84. The molecule has 0 aliphatic carbocycles. The van der Waals surface area contributed by atoms with Crippen molar-refractivity contribution in [1.82, 2.24) is 0 Å². The first kappa shape index (κ1) is 18.1. The van der Waals surface area contributed by atoms with E-state index in [1.807, 2.05) is 0 Å². The van der Waals surface area contributed by atoms with Crippen LogP contribution in [0.25, 0.3) is 0 Å². The predicted octanol–water partition coefficient (Wildman–Crippen LogP) is 1.94. The highest BCUT2D eigenvalue weighted by atomic mass is 35.5. The number of alkyl halides is 1. The molecular weight excluding hydrogens is 228 g/mol. The maximum Gasteiger partial charge on any atom is 0.320 e. The van der Waals surface area contributed by atoms with Gasteiger partial charge in [0.05, 0.1) is 0 Å². The molecule has 0 aliphatic rings. The molecule has 0 saturated heterocycles. The van der Waals surface area contributed by atoms with Gasteiger partial charge in [-0.25, -0.2) is 0 Å².